The highest BCUT2D eigenvalue weighted by Crippen LogP contribution is 2.09. The summed E-state index contributed by atoms with van der Waals surface area (Å²) in [7, 11) is 0. The Kier molecular flexibility index (Phi) is 6.49. The molecule has 0 fully saturated rings. The van der Waals surface area contributed by atoms with Gasteiger partial charge >= 0.3 is 0 Å². The lowest BCUT2D eigenvalue weighted by Gasteiger charge is -2.24. The van der Waals surface area contributed by atoms with Crippen LogP contribution in [-0.4, -0.2) is 29.2 Å². The summed E-state index contributed by atoms with van der Waals surface area (Å²) < 4.78 is 0. The molecule has 2 nitrogen and oxygen atoms in total. The predicted octanol–water partition coefficient (Wildman–Crippen LogP) is 2.65. The number of rotatable bonds is 5. The molecule has 0 saturated heterocycles. The fourth-order valence-corrected chi connectivity index (χ4v) is 1.81. The molecule has 0 aliphatic rings. The molecule has 18 heavy (non-hydrogen) atoms. The molecule has 0 amide bonds. The number of benzene rings is 1. The summed E-state index contributed by atoms with van der Waals surface area (Å²) in [6.45, 7) is 8.81. The van der Waals surface area contributed by atoms with Crippen molar-refractivity contribution in [2.45, 2.75) is 39.8 Å². The monoisotopic (exact) mass is 245 g/mol. The Morgan fingerprint density at radius 2 is 1.89 bits per heavy atom. The van der Waals surface area contributed by atoms with Crippen LogP contribution in [-0.2, 0) is 6.54 Å². The third kappa shape index (κ3) is 4.91. The first kappa shape index (κ1) is 14.8. The number of aliphatic hydroxyl groups excluding tert-OH is 1. The second kappa shape index (κ2) is 7.92. The molecular weight excluding hydrogens is 222 g/mol. The van der Waals surface area contributed by atoms with Crippen LogP contribution in [0, 0.1) is 11.8 Å². The zero-order valence-electron chi connectivity index (χ0n) is 11.6. The van der Waals surface area contributed by atoms with E-state index >= 15 is 0 Å². The molecule has 98 valence electrons. The van der Waals surface area contributed by atoms with Crippen molar-refractivity contribution >= 4 is 0 Å². The van der Waals surface area contributed by atoms with Gasteiger partial charge in [-0.2, -0.15) is 0 Å². The Hall–Kier alpha value is -1.30. The lowest BCUT2D eigenvalue weighted by molar-refractivity contribution is 0.225. The van der Waals surface area contributed by atoms with Crippen molar-refractivity contribution in [2.75, 3.05) is 13.2 Å². The van der Waals surface area contributed by atoms with Gasteiger partial charge in [-0.3, -0.25) is 4.90 Å². The van der Waals surface area contributed by atoms with Gasteiger partial charge in [0.05, 0.1) is 6.61 Å². The number of hydrogen-bond acceptors (Lipinski definition) is 2. The average Bonchev–Trinajstić information content (AvgIpc) is 2.37. The molecule has 0 atom stereocenters. The van der Waals surface area contributed by atoms with E-state index in [0.29, 0.717) is 12.5 Å². The molecule has 1 rings (SSSR count). The van der Waals surface area contributed by atoms with Gasteiger partial charge in [-0.25, -0.2) is 0 Å². The van der Waals surface area contributed by atoms with Crippen LogP contribution in [0.1, 0.15) is 38.3 Å². The summed E-state index contributed by atoms with van der Waals surface area (Å²) >= 11 is 0. The van der Waals surface area contributed by atoms with Crippen LogP contribution < -0.4 is 0 Å². The quantitative estimate of drug-likeness (QED) is 0.806. The molecule has 0 aromatic heterocycles. The summed E-state index contributed by atoms with van der Waals surface area (Å²) in [6, 6.07) is 8.93. The van der Waals surface area contributed by atoms with Crippen LogP contribution in [0.25, 0.3) is 0 Å². The smallest absolute Gasteiger partial charge is 0.0540 e. The highest BCUT2D eigenvalue weighted by molar-refractivity contribution is 5.36. The second-order valence-corrected chi connectivity index (χ2v) is 4.63. The first-order valence-corrected chi connectivity index (χ1v) is 6.60. The minimum Gasteiger partial charge on any atom is -0.395 e. The van der Waals surface area contributed by atoms with Crippen LogP contribution in [0.3, 0.4) is 0 Å². The number of aliphatic hydroxyl groups is 1. The summed E-state index contributed by atoms with van der Waals surface area (Å²) in [5.41, 5.74) is 2.33. The van der Waals surface area contributed by atoms with E-state index in [4.69, 9.17) is 5.11 Å². The van der Waals surface area contributed by atoms with Gasteiger partial charge in [-0.1, -0.05) is 30.9 Å². The standard InChI is InChI=1S/C16H23NO/c1-4-17(14(2)3)13-16-10-8-15(9-11-16)7-5-6-12-18/h8-11,14,18H,4,6,12-13H2,1-3H3. The van der Waals surface area contributed by atoms with Crippen LogP contribution >= 0.6 is 0 Å². The molecule has 2 heteroatoms. The third-order valence-electron chi connectivity index (χ3n) is 2.95. The average molecular weight is 245 g/mol. The molecule has 0 unspecified atom stereocenters. The Morgan fingerprint density at radius 1 is 1.22 bits per heavy atom. The maximum atomic E-state index is 8.66. The summed E-state index contributed by atoms with van der Waals surface area (Å²) in [5, 5.41) is 8.66. The van der Waals surface area contributed by atoms with E-state index in [1.54, 1.807) is 0 Å². The van der Waals surface area contributed by atoms with Crippen molar-refractivity contribution in [3.63, 3.8) is 0 Å². The minimum absolute atomic E-state index is 0.130. The Bertz CT molecular complexity index is 397. The normalized spacial score (nSPS) is 10.6. The maximum Gasteiger partial charge on any atom is 0.0540 e. The van der Waals surface area contributed by atoms with Gasteiger partial charge in [0, 0.05) is 24.6 Å². The van der Waals surface area contributed by atoms with Crippen LogP contribution in [0.2, 0.25) is 0 Å². The molecule has 0 heterocycles. The van der Waals surface area contributed by atoms with E-state index in [0.717, 1.165) is 18.7 Å². The van der Waals surface area contributed by atoms with Gasteiger partial charge in [0.2, 0.25) is 0 Å². The molecule has 0 saturated carbocycles. The molecule has 0 aliphatic heterocycles. The SMILES string of the molecule is CCN(Cc1ccc(C#CCCO)cc1)C(C)C. The summed E-state index contributed by atoms with van der Waals surface area (Å²) in [5.74, 6) is 5.97. The zero-order valence-corrected chi connectivity index (χ0v) is 11.6. The fourth-order valence-electron chi connectivity index (χ4n) is 1.81. The van der Waals surface area contributed by atoms with Crippen molar-refractivity contribution in [1.82, 2.24) is 4.90 Å². The topological polar surface area (TPSA) is 23.5 Å². The first-order valence-electron chi connectivity index (χ1n) is 6.60. The zero-order chi connectivity index (χ0) is 13.4. The molecule has 0 radical (unpaired) electrons. The molecule has 1 aromatic carbocycles. The van der Waals surface area contributed by atoms with Crippen molar-refractivity contribution in [3.05, 3.63) is 35.4 Å². The van der Waals surface area contributed by atoms with Gasteiger partial charge in [0.15, 0.2) is 0 Å². The van der Waals surface area contributed by atoms with Crippen molar-refractivity contribution in [3.8, 4) is 11.8 Å². The van der Waals surface area contributed by atoms with Gasteiger partial charge in [0.25, 0.3) is 0 Å². The number of nitrogens with zero attached hydrogens (tertiary/aromatic N) is 1. The molecule has 0 aliphatic carbocycles. The van der Waals surface area contributed by atoms with E-state index in [2.05, 4.69) is 49.6 Å². The predicted molar refractivity (Wildman–Crippen MR) is 76.2 cm³/mol. The minimum atomic E-state index is 0.130. The third-order valence-corrected chi connectivity index (χ3v) is 2.95. The number of hydrogen-bond donors (Lipinski definition) is 1. The fraction of sp³-hybridized carbons (Fsp3) is 0.500. The summed E-state index contributed by atoms with van der Waals surface area (Å²) in [4.78, 5) is 2.42. The Labute approximate surface area is 111 Å². The second-order valence-electron chi connectivity index (χ2n) is 4.63. The molecule has 0 bridgehead atoms. The van der Waals surface area contributed by atoms with Crippen molar-refractivity contribution in [2.24, 2.45) is 0 Å². The van der Waals surface area contributed by atoms with Gasteiger partial charge < -0.3 is 5.11 Å². The molecule has 1 aromatic rings. The van der Waals surface area contributed by atoms with Crippen molar-refractivity contribution < 1.29 is 5.11 Å². The van der Waals surface area contributed by atoms with Crippen LogP contribution in [0.15, 0.2) is 24.3 Å². The van der Waals surface area contributed by atoms with E-state index < -0.39 is 0 Å². The van der Waals surface area contributed by atoms with Crippen LogP contribution in [0.5, 0.6) is 0 Å². The van der Waals surface area contributed by atoms with Gasteiger partial charge in [-0.15, -0.1) is 0 Å². The van der Waals surface area contributed by atoms with E-state index in [1.165, 1.54) is 5.56 Å². The Morgan fingerprint density at radius 3 is 2.39 bits per heavy atom. The van der Waals surface area contributed by atoms with Gasteiger partial charge in [0.1, 0.15) is 0 Å². The van der Waals surface area contributed by atoms with Crippen molar-refractivity contribution in [1.29, 1.82) is 0 Å². The Balaban J connectivity index is 2.63. The lowest BCUT2D eigenvalue weighted by Crippen LogP contribution is -2.29. The highest BCUT2D eigenvalue weighted by Gasteiger charge is 2.06. The largest absolute Gasteiger partial charge is 0.395 e. The van der Waals surface area contributed by atoms with E-state index in [1.807, 2.05) is 12.1 Å². The van der Waals surface area contributed by atoms with Gasteiger partial charge in [-0.05, 0) is 38.1 Å². The molecule has 1 N–H and O–H groups in total. The van der Waals surface area contributed by atoms with Crippen LogP contribution in [0.4, 0.5) is 0 Å². The lowest BCUT2D eigenvalue weighted by atomic mass is 10.1. The molecule has 0 spiro atoms. The maximum absolute atomic E-state index is 8.66. The summed E-state index contributed by atoms with van der Waals surface area (Å²) in [6.07, 6.45) is 0.540. The first-order chi connectivity index (χ1) is 8.67. The molecular formula is C16H23NO. The van der Waals surface area contributed by atoms with E-state index in [-0.39, 0.29) is 6.61 Å². The highest BCUT2D eigenvalue weighted by atomic mass is 16.2. The van der Waals surface area contributed by atoms with E-state index in [9.17, 15) is 0 Å².